The van der Waals surface area contributed by atoms with Crippen molar-refractivity contribution in [3.8, 4) is 0 Å². The molecule has 3 rings (SSSR count). The fraction of sp³-hybridized carbons (Fsp3) is 0.667. The molecular weight excluding hydrogens is 258 g/mol. The lowest BCUT2D eigenvalue weighted by molar-refractivity contribution is 0.0275. The van der Waals surface area contributed by atoms with Crippen LogP contribution in [0.1, 0.15) is 31.4 Å². The molecule has 1 atom stereocenters. The van der Waals surface area contributed by atoms with Gasteiger partial charge in [-0.2, -0.15) is 0 Å². The highest BCUT2D eigenvalue weighted by molar-refractivity contribution is 5.36. The summed E-state index contributed by atoms with van der Waals surface area (Å²) in [5.41, 5.74) is 9.43. The van der Waals surface area contributed by atoms with Crippen LogP contribution in [0.4, 0.5) is 0 Å². The van der Waals surface area contributed by atoms with Gasteiger partial charge in [-0.05, 0) is 37.3 Å². The zero-order valence-corrected chi connectivity index (χ0v) is 13.5. The van der Waals surface area contributed by atoms with Crippen LogP contribution >= 0.6 is 0 Å². The van der Waals surface area contributed by atoms with Crippen LogP contribution < -0.4 is 5.73 Å². The van der Waals surface area contributed by atoms with Gasteiger partial charge in [-0.1, -0.05) is 31.2 Å². The van der Waals surface area contributed by atoms with Crippen LogP contribution in [-0.4, -0.2) is 54.1 Å². The monoisotopic (exact) mass is 287 g/mol. The third-order valence-electron chi connectivity index (χ3n) is 5.74. The molecule has 1 heterocycles. The molecule has 21 heavy (non-hydrogen) atoms. The lowest BCUT2D eigenvalue weighted by atomic mass is 9.92. The van der Waals surface area contributed by atoms with Crippen LogP contribution in [0.2, 0.25) is 0 Å². The van der Waals surface area contributed by atoms with Gasteiger partial charge < -0.3 is 5.73 Å². The molecule has 2 N–H and O–H groups in total. The SMILES string of the molecule is CCC(C)N1CCN(C2(CN)Cc3ccccc3C2)CC1. The van der Waals surface area contributed by atoms with Gasteiger partial charge in [0.25, 0.3) is 0 Å². The lowest BCUT2D eigenvalue weighted by Crippen LogP contribution is -2.61. The Kier molecular flexibility index (Phi) is 4.34. The van der Waals surface area contributed by atoms with Crippen LogP contribution in [0.5, 0.6) is 0 Å². The number of nitrogens with two attached hydrogens (primary N) is 1. The van der Waals surface area contributed by atoms with Crippen molar-refractivity contribution >= 4 is 0 Å². The number of rotatable bonds is 4. The Balaban J connectivity index is 1.69. The zero-order valence-electron chi connectivity index (χ0n) is 13.5. The highest BCUT2D eigenvalue weighted by Crippen LogP contribution is 2.34. The number of hydrogen-bond donors (Lipinski definition) is 1. The Morgan fingerprint density at radius 2 is 1.67 bits per heavy atom. The quantitative estimate of drug-likeness (QED) is 0.918. The predicted octanol–water partition coefficient (Wildman–Crippen LogP) is 1.90. The van der Waals surface area contributed by atoms with E-state index in [2.05, 4.69) is 47.9 Å². The first-order valence-electron chi connectivity index (χ1n) is 8.44. The largest absolute Gasteiger partial charge is 0.329 e. The average molecular weight is 287 g/mol. The first kappa shape index (κ1) is 15.0. The number of benzene rings is 1. The summed E-state index contributed by atoms with van der Waals surface area (Å²) in [6.45, 7) is 10.1. The van der Waals surface area contributed by atoms with Crippen LogP contribution in [-0.2, 0) is 12.8 Å². The molecule has 3 nitrogen and oxygen atoms in total. The van der Waals surface area contributed by atoms with Gasteiger partial charge in [-0.3, -0.25) is 9.80 Å². The van der Waals surface area contributed by atoms with Gasteiger partial charge in [-0.25, -0.2) is 0 Å². The van der Waals surface area contributed by atoms with Crippen molar-refractivity contribution in [3.05, 3.63) is 35.4 Å². The summed E-state index contributed by atoms with van der Waals surface area (Å²) >= 11 is 0. The molecule has 1 aromatic carbocycles. The van der Waals surface area contributed by atoms with Crippen molar-refractivity contribution in [3.63, 3.8) is 0 Å². The summed E-state index contributed by atoms with van der Waals surface area (Å²) in [5, 5.41) is 0. The van der Waals surface area contributed by atoms with E-state index in [9.17, 15) is 0 Å². The van der Waals surface area contributed by atoms with E-state index in [1.54, 1.807) is 0 Å². The minimum Gasteiger partial charge on any atom is -0.329 e. The van der Waals surface area contributed by atoms with E-state index in [-0.39, 0.29) is 5.54 Å². The number of hydrogen-bond acceptors (Lipinski definition) is 3. The molecular formula is C18H29N3. The van der Waals surface area contributed by atoms with Gasteiger partial charge >= 0.3 is 0 Å². The van der Waals surface area contributed by atoms with Crippen molar-refractivity contribution in [2.45, 2.75) is 44.7 Å². The first-order chi connectivity index (χ1) is 10.2. The Bertz CT molecular complexity index is 452. The van der Waals surface area contributed by atoms with Crippen molar-refractivity contribution in [2.75, 3.05) is 32.7 Å². The topological polar surface area (TPSA) is 32.5 Å². The third-order valence-corrected chi connectivity index (χ3v) is 5.74. The van der Waals surface area contributed by atoms with E-state index in [0.29, 0.717) is 6.04 Å². The molecule has 116 valence electrons. The fourth-order valence-electron chi connectivity index (χ4n) is 4.07. The Labute approximate surface area is 129 Å². The molecule has 3 heteroatoms. The van der Waals surface area contributed by atoms with Gasteiger partial charge in [-0.15, -0.1) is 0 Å². The summed E-state index contributed by atoms with van der Waals surface area (Å²) in [7, 11) is 0. The Morgan fingerprint density at radius 3 is 2.14 bits per heavy atom. The van der Waals surface area contributed by atoms with Gasteiger partial charge in [0.2, 0.25) is 0 Å². The second-order valence-corrected chi connectivity index (χ2v) is 6.83. The summed E-state index contributed by atoms with van der Waals surface area (Å²) in [5.74, 6) is 0. The van der Waals surface area contributed by atoms with Crippen molar-refractivity contribution < 1.29 is 0 Å². The van der Waals surface area contributed by atoms with Crippen molar-refractivity contribution in [1.29, 1.82) is 0 Å². The van der Waals surface area contributed by atoms with Crippen LogP contribution in [0.15, 0.2) is 24.3 Å². The molecule has 0 amide bonds. The molecule has 1 aliphatic heterocycles. The van der Waals surface area contributed by atoms with Crippen molar-refractivity contribution in [1.82, 2.24) is 9.80 Å². The van der Waals surface area contributed by atoms with Gasteiger partial charge in [0.05, 0.1) is 0 Å². The molecule has 1 fully saturated rings. The molecule has 0 radical (unpaired) electrons. The van der Waals surface area contributed by atoms with Crippen LogP contribution in [0.3, 0.4) is 0 Å². The Hall–Kier alpha value is -0.900. The molecule has 0 bridgehead atoms. The van der Waals surface area contributed by atoms with E-state index < -0.39 is 0 Å². The Morgan fingerprint density at radius 1 is 1.10 bits per heavy atom. The summed E-state index contributed by atoms with van der Waals surface area (Å²) in [6, 6.07) is 9.59. The lowest BCUT2D eigenvalue weighted by Gasteiger charge is -2.46. The normalized spacial score (nSPS) is 24.0. The first-order valence-corrected chi connectivity index (χ1v) is 8.44. The average Bonchev–Trinajstić information content (AvgIpc) is 2.94. The molecule has 1 aromatic rings. The van der Waals surface area contributed by atoms with Gasteiger partial charge in [0.1, 0.15) is 0 Å². The number of piperazine rings is 1. The molecule has 0 aromatic heterocycles. The smallest absolute Gasteiger partial charge is 0.0413 e. The molecule has 1 aliphatic carbocycles. The maximum atomic E-state index is 6.24. The maximum Gasteiger partial charge on any atom is 0.0413 e. The summed E-state index contributed by atoms with van der Waals surface area (Å²) in [4.78, 5) is 5.30. The number of nitrogens with zero attached hydrogens (tertiary/aromatic N) is 2. The number of fused-ring (bicyclic) bond motifs is 1. The minimum atomic E-state index is 0.172. The molecule has 1 unspecified atom stereocenters. The van der Waals surface area contributed by atoms with E-state index >= 15 is 0 Å². The van der Waals surface area contributed by atoms with Crippen LogP contribution in [0, 0.1) is 0 Å². The maximum absolute atomic E-state index is 6.24. The molecule has 1 saturated heterocycles. The summed E-state index contributed by atoms with van der Waals surface area (Å²) < 4.78 is 0. The molecule has 0 saturated carbocycles. The highest BCUT2D eigenvalue weighted by Gasteiger charge is 2.42. The van der Waals surface area contributed by atoms with E-state index in [1.165, 1.54) is 30.6 Å². The van der Waals surface area contributed by atoms with E-state index in [0.717, 1.165) is 32.5 Å². The predicted molar refractivity (Wildman–Crippen MR) is 88.5 cm³/mol. The van der Waals surface area contributed by atoms with Crippen molar-refractivity contribution in [2.24, 2.45) is 5.73 Å². The fourth-order valence-corrected chi connectivity index (χ4v) is 4.07. The second-order valence-electron chi connectivity index (χ2n) is 6.83. The highest BCUT2D eigenvalue weighted by atomic mass is 15.3. The van der Waals surface area contributed by atoms with Gasteiger partial charge in [0, 0.05) is 44.3 Å². The van der Waals surface area contributed by atoms with E-state index in [4.69, 9.17) is 5.73 Å². The van der Waals surface area contributed by atoms with Gasteiger partial charge in [0.15, 0.2) is 0 Å². The molecule has 0 spiro atoms. The minimum absolute atomic E-state index is 0.172. The second kappa shape index (κ2) is 6.07. The van der Waals surface area contributed by atoms with E-state index in [1.807, 2.05) is 0 Å². The van der Waals surface area contributed by atoms with Crippen LogP contribution in [0.25, 0.3) is 0 Å². The third kappa shape index (κ3) is 2.75. The zero-order chi connectivity index (χ0) is 14.9. The standard InChI is InChI=1S/C18H29N3/c1-3-15(2)20-8-10-21(11-9-20)18(14-19)12-16-6-4-5-7-17(16)13-18/h4-7,15H,3,8-14,19H2,1-2H3. The summed E-state index contributed by atoms with van der Waals surface area (Å²) in [6.07, 6.45) is 3.50. The molecule has 2 aliphatic rings.